The van der Waals surface area contributed by atoms with Gasteiger partial charge >= 0.3 is 5.97 Å². The van der Waals surface area contributed by atoms with E-state index in [0.29, 0.717) is 0 Å². The highest BCUT2D eigenvalue weighted by Crippen LogP contribution is 2.19. The van der Waals surface area contributed by atoms with E-state index >= 15 is 0 Å². The average Bonchev–Trinajstić information content (AvgIpc) is 2.55. The van der Waals surface area contributed by atoms with Gasteiger partial charge in [0.2, 0.25) is 0 Å². The zero-order chi connectivity index (χ0) is 9.52. The molecule has 13 heavy (non-hydrogen) atoms. The number of hydroxylamine groups is 1. The normalized spacial score (nSPS) is 16.0. The van der Waals surface area contributed by atoms with Crippen molar-refractivity contribution in [2.75, 3.05) is 6.54 Å². The molecule has 4 nitrogen and oxygen atoms in total. The molecule has 74 valence electrons. The van der Waals surface area contributed by atoms with E-state index in [-0.39, 0.29) is 6.42 Å². The third kappa shape index (κ3) is 4.80. The van der Waals surface area contributed by atoms with Crippen LogP contribution in [0.15, 0.2) is 11.7 Å². The van der Waals surface area contributed by atoms with Crippen molar-refractivity contribution in [3.63, 3.8) is 0 Å². The maximum Gasteiger partial charge on any atom is 0.303 e. The van der Waals surface area contributed by atoms with E-state index in [2.05, 4.69) is 0 Å². The molecule has 0 aromatic heterocycles. The molecule has 0 atom stereocenters. The Morgan fingerprint density at radius 2 is 2.31 bits per heavy atom. The summed E-state index contributed by atoms with van der Waals surface area (Å²) >= 11 is 1.52. The second-order valence-electron chi connectivity index (χ2n) is 2.74. The van der Waals surface area contributed by atoms with Gasteiger partial charge in [0.05, 0.1) is 0 Å². The molecule has 0 bridgehead atoms. The molecule has 0 fully saturated rings. The second kappa shape index (κ2) is 5.88. The molecule has 0 saturated carbocycles. The van der Waals surface area contributed by atoms with Gasteiger partial charge in [-0.3, -0.25) is 4.79 Å². The van der Waals surface area contributed by atoms with Gasteiger partial charge in [0.15, 0.2) is 0 Å². The van der Waals surface area contributed by atoms with Crippen LogP contribution in [-0.4, -0.2) is 22.1 Å². The first-order valence-electron chi connectivity index (χ1n) is 4.27. The van der Waals surface area contributed by atoms with Crippen LogP contribution in [0.1, 0.15) is 25.7 Å². The lowest BCUT2D eigenvalue weighted by atomic mass is 10.2. The molecule has 1 N–H and O–H groups in total. The third-order valence-electron chi connectivity index (χ3n) is 1.64. The fourth-order valence-electron chi connectivity index (χ4n) is 1.01. The Hall–Kier alpha value is -0.680. The fourth-order valence-corrected chi connectivity index (χ4v) is 1.58. The van der Waals surface area contributed by atoms with E-state index in [1.807, 2.05) is 5.41 Å². The molecule has 0 unspecified atom stereocenters. The summed E-state index contributed by atoms with van der Waals surface area (Å²) < 4.78 is 1.78. The summed E-state index contributed by atoms with van der Waals surface area (Å²) in [5.41, 5.74) is 0. The summed E-state index contributed by atoms with van der Waals surface area (Å²) in [5, 5.41) is 10.2. The van der Waals surface area contributed by atoms with Crippen molar-refractivity contribution < 1.29 is 14.7 Å². The van der Waals surface area contributed by atoms with Crippen LogP contribution in [0, 0.1) is 0 Å². The molecule has 1 aliphatic heterocycles. The zero-order valence-electron chi connectivity index (χ0n) is 7.31. The van der Waals surface area contributed by atoms with Gasteiger partial charge in [-0.15, -0.1) is 0 Å². The summed E-state index contributed by atoms with van der Waals surface area (Å²) in [6.45, 7) is 0.845. The van der Waals surface area contributed by atoms with Crippen LogP contribution >= 0.6 is 11.9 Å². The van der Waals surface area contributed by atoms with Crippen molar-refractivity contribution in [3.8, 4) is 0 Å². The Balaban J connectivity index is 1.86. The summed E-state index contributed by atoms with van der Waals surface area (Å²) in [7, 11) is 0. The highest BCUT2D eigenvalue weighted by molar-refractivity contribution is 7.99. The van der Waals surface area contributed by atoms with Crippen LogP contribution in [0.2, 0.25) is 0 Å². The lowest BCUT2D eigenvalue weighted by Gasteiger charge is -2.11. The predicted octanol–water partition coefficient (Wildman–Crippen LogP) is 2.00. The molecule has 1 heterocycles. The van der Waals surface area contributed by atoms with Gasteiger partial charge in [0.25, 0.3) is 0 Å². The summed E-state index contributed by atoms with van der Waals surface area (Å²) in [6, 6.07) is 0. The van der Waals surface area contributed by atoms with E-state index in [9.17, 15) is 4.79 Å². The van der Waals surface area contributed by atoms with E-state index in [0.717, 1.165) is 25.8 Å². The second-order valence-corrected chi connectivity index (χ2v) is 3.63. The van der Waals surface area contributed by atoms with E-state index < -0.39 is 5.97 Å². The standard InChI is InChI=1S/C8H13NO3S/c10-8(11)4-2-1-3-5-9-12-6-7-13-9/h6-7H,1-5H2,(H,10,11). The van der Waals surface area contributed by atoms with Gasteiger partial charge in [-0.25, -0.2) is 0 Å². The van der Waals surface area contributed by atoms with Gasteiger partial charge < -0.3 is 9.94 Å². The van der Waals surface area contributed by atoms with Crippen molar-refractivity contribution in [2.45, 2.75) is 25.7 Å². The average molecular weight is 203 g/mol. The topological polar surface area (TPSA) is 49.8 Å². The lowest BCUT2D eigenvalue weighted by molar-refractivity contribution is -0.137. The molecule has 1 aliphatic rings. The van der Waals surface area contributed by atoms with E-state index in [4.69, 9.17) is 9.94 Å². The first-order valence-corrected chi connectivity index (χ1v) is 5.10. The smallest absolute Gasteiger partial charge is 0.303 e. The van der Waals surface area contributed by atoms with Crippen LogP contribution in [0.4, 0.5) is 0 Å². The van der Waals surface area contributed by atoms with Gasteiger partial charge in [0.1, 0.15) is 6.26 Å². The van der Waals surface area contributed by atoms with Crippen LogP contribution in [0.5, 0.6) is 0 Å². The molecular weight excluding hydrogens is 190 g/mol. The van der Waals surface area contributed by atoms with Crippen molar-refractivity contribution in [2.24, 2.45) is 0 Å². The Kier molecular flexibility index (Phi) is 4.70. The molecule has 0 aromatic carbocycles. The number of nitrogens with zero attached hydrogens (tertiary/aromatic N) is 1. The number of rotatable bonds is 6. The first-order chi connectivity index (χ1) is 6.29. The molecule has 0 radical (unpaired) electrons. The van der Waals surface area contributed by atoms with Crippen LogP contribution < -0.4 is 0 Å². The summed E-state index contributed by atoms with van der Waals surface area (Å²) in [6.07, 6.45) is 4.57. The molecule has 5 heteroatoms. The summed E-state index contributed by atoms with van der Waals surface area (Å²) in [5.74, 6) is -0.714. The van der Waals surface area contributed by atoms with Gasteiger partial charge in [-0.2, -0.15) is 0 Å². The summed E-state index contributed by atoms with van der Waals surface area (Å²) in [4.78, 5) is 15.2. The number of unbranched alkanes of at least 4 members (excludes halogenated alkanes) is 2. The van der Waals surface area contributed by atoms with Crippen LogP contribution in [-0.2, 0) is 9.63 Å². The van der Waals surface area contributed by atoms with E-state index in [1.54, 1.807) is 10.7 Å². The number of hydrogen-bond acceptors (Lipinski definition) is 4. The maximum absolute atomic E-state index is 10.2. The zero-order valence-corrected chi connectivity index (χ0v) is 8.13. The monoisotopic (exact) mass is 203 g/mol. The fraction of sp³-hybridized carbons (Fsp3) is 0.625. The predicted molar refractivity (Wildman–Crippen MR) is 50.6 cm³/mol. The van der Waals surface area contributed by atoms with Crippen molar-refractivity contribution >= 4 is 17.9 Å². The van der Waals surface area contributed by atoms with Crippen LogP contribution in [0.3, 0.4) is 0 Å². The molecule has 0 amide bonds. The minimum absolute atomic E-state index is 0.270. The Morgan fingerprint density at radius 3 is 2.92 bits per heavy atom. The minimum atomic E-state index is -0.714. The molecular formula is C8H13NO3S. The number of carbonyl (C=O) groups is 1. The minimum Gasteiger partial charge on any atom is -0.481 e. The van der Waals surface area contributed by atoms with Crippen LogP contribution in [0.25, 0.3) is 0 Å². The van der Waals surface area contributed by atoms with Gasteiger partial charge in [-0.05, 0) is 24.8 Å². The molecule has 0 aliphatic carbocycles. The van der Waals surface area contributed by atoms with Crippen molar-refractivity contribution in [3.05, 3.63) is 11.7 Å². The van der Waals surface area contributed by atoms with E-state index in [1.165, 1.54) is 11.9 Å². The Bertz CT molecular complexity index is 188. The lowest BCUT2D eigenvalue weighted by Crippen LogP contribution is -2.10. The molecule has 0 aromatic rings. The van der Waals surface area contributed by atoms with Crippen molar-refractivity contribution in [1.82, 2.24) is 4.47 Å². The number of hydrogen-bond donors (Lipinski definition) is 1. The van der Waals surface area contributed by atoms with Crippen molar-refractivity contribution in [1.29, 1.82) is 0 Å². The third-order valence-corrected chi connectivity index (χ3v) is 2.38. The maximum atomic E-state index is 10.2. The number of carboxylic acid groups (broad SMARTS) is 1. The largest absolute Gasteiger partial charge is 0.481 e. The number of aliphatic carboxylic acids is 1. The number of carboxylic acids is 1. The SMILES string of the molecule is O=C(O)CCCCCN1OC=CS1. The highest BCUT2D eigenvalue weighted by Gasteiger charge is 2.07. The molecule has 1 rings (SSSR count). The van der Waals surface area contributed by atoms with Gasteiger partial charge in [0, 0.05) is 18.4 Å². The Morgan fingerprint density at radius 1 is 1.46 bits per heavy atom. The molecule has 0 spiro atoms. The quantitative estimate of drug-likeness (QED) is 0.528. The van der Waals surface area contributed by atoms with Gasteiger partial charge in [-0.1, -0.05) is 10.9 Å². The Labute approximate surface area is 81.6 Å². The molecule has 0 saturated heterocycles. The highest BCUT2D eigenvalue weighted by atomic mass is 32.2. The first kappa shape index (κ1) is 10.4.